The number of hydrogen-bond donors (Lipinski definition) is 2. The summed E-state index contributed by atoms with van der Waals surface area (Å²) in [6.07, 6.45) is 4.80. The second-order valence-electron chi connectivity index (χ2n) is 5.32. The topological polar surface area (TPSA) is 66.8 Å². The normalized spacial score (nSPS) is 10.6. The number of phenols is 1. The van der Waals surface area contributed by atoms with Crippen molar-refractivity contribution in [2.75, 3.05) is 0 Å². The minimum Gasteiger partial charge on any atom is -0.504 e. The standard InChI is InChI=1S/C17H26O4/c1-4-7-10-14-12(8-5-2)11-13(9-6-3)16(15(14)18)21-17(19)20/h11,18H,4-10H2,1-3H3,(H,19,20). The van der Waals surface area contributed by atoms with Crippen LogP contribution in [0.1, 0.15) is 63.1 Å². The molecule has 4 heteroatoms. The molecule has 0 aliphatic rings. The van der Waals surface area contributed by atoms with Crippen LogP contribution in [0.4, 0.5) is 4.79 Å². The molecule has 4 nitrogen and oxygen atoms in total. The fourth-order valence-electron chi connectivity index (χ4n) is 2.59. The SMILES string of the molecule is CCCCc1c(CCC)cc(CCC)c(OC(=O)O)c1O. The number of phenolic OH excluding ortho intramolecular Hbond substituents is 1. The predicted molar refractivity (Wildman–Crippen MR) is 83.4 cm³/mol. The van der Waals surface area contributed by atoms with E-state index < -0.39 is 6.16 Å². The van der Waals surface area contributed by atoms with Crippen molar-refractivity contribution in [2.45, 2.75) is 65.7 Å². The number of benzene rings is 1. The minimum atomic E-state index is -1.38. The van der Waals surface area contributed by atoms with E-state index in [-0.39, 0.29) is 11.5 Å². The average molecular weight is 294 g/mol. The summed E-state index contributed by atoms with van der Waals surface area (Å²) in [4.78, 5) is 10.9. The Morgan fingerprint density at radius 1 is 1.05 bits per heavy atom. The Kier molecular flexibility index (Phi) is 7.06. The summed E-state index contributed by atoms with van der Waals surface area (Å²) in [5, 5.41) is 19.4. The summed E-state index contributed by atoms with van der Waals surface area (Å²) >= 11 is 0. The molecule has 0 fully saturated rings. The van der Waals surface area contributed by atoms with Gasteiger partial charge in [0.25, 0.3) is 0 Å². The van der Waals surface area contributed by atoms with E-state index in [2.05, 4.69) is 13.8 Å². The van der Waals surface area contributed by atoms with Crippen molar-refractivity contribution in [2.24, 2.45) is 0 Å². The average Bonchev–Trinajstić information content (AvgIpc) is 2.43. The van der Waals surface area contributed by atoms with Crippen LogP contribution in [0.25, 0.3) is 0 Å². The van der Waals surface area contributed by atoms with E-state index in [0.29, 0.717) is 6.42 Å². The van der Waals surface area contributed by atoms with Crippen LogP contribution < -0.4 is 4.74 Å². The van der Waals surface area contributed by atoms with Gasteiger partial charge in [-0.05, 0) is 36.8 Å². The van der Waals surface area contributed by atoms with Crippen molar-refractivity contribution in [3.05, 3.63) is 22.8 Å². The van der Waals surface area contributed by atoms with Gasteiger partial charge in [-0.15, -0.1) is 0 Å². The molecule has 1 rings (SSSR count). The molecule has 2 N–H and O–H groups in total. The van der Waals surface area contributed by atoms with Crippen molar-refractivity contribution < 1.29 is 19.7 Å². The first-order chi connectivity index (χ1) is 10.0. The summed E-state index contributed by atoms with van der Waals surface area (Å²) in [6, 6.07) is 2.01. The Hall–Kier alpha value is -1.71. The van der Waals surface area contributed by atoms with Crippen molar-refractivity contribution in [3.8, 4) is 11.5 Å². The van der Waals surface area contributed by atoms with E-state index in [0.717, 1.165) is 55.2 Å². The molecule has 0 saturated heterocycles. The molecule has 21 heavy (non-hydrogen) atoms. The van der Waals surface area contributed by atoms with Crippen molar-refractivity contribution in [1.82, 2.24) is 0 Å². The Morgan fingerprint density at radius 3 is 2.19 bits per heavy atom. The molecule has 0 aromatic heterocycles. The first-order valence-electron chi connectivity index (χ1n) is 7.82. The van der Waals surface area contributed by atoms with Gasteiger partial charge in [0.2, 0.25) is 0 Å². The number of carboxylic acid groups (broad SMARTS) is 1. The Labute approximate surface area is 126 Å². The molecule has 0 aliphatic heterocycles. The van der Waals surface area contributed by atoms with Gasteiger partial charge in [-0.25, -0.2) is 4.79 Å². The Balaban J connectivity index is 3.34. The molecule has 0 amide bonds. The van der Waals surface area contributed by atoms with Crippen LogP contribution in [-0.2, 0) is 19.3 Å². The number of unbranched alkanes of at least 4 members (excludes halogenated alkanes) is 1. The van der Waals surface area contributed by atoms with E-state index in [9.17, 15) is 9.90 Å². The third-order valence-corrected chi connectivity index (χ3v) is 3.54. The van der Waals surface area contributed by atoms with E-state index in [1.807, 2.05) is 13.0 Å². The number of hydrogen-bond acceptors (Lipinski definition) is 3. The maximum Gasteiger partial charge on any atom is 0.511 e. The van der Waals surface area contributed by atoms with Crippen molar-refractivity contribution in [1.29, 1.82) is 0 Å². The van der Waals surface area contributed by atoms with Gasteiger partial charge in [0.15, 0.2) is 11.5 Å². The highest BCUT2D eigenvalue weighted by Gasteiger charge is 2.20. The van der Waals surface area contributed by atoms with E-state index in [1.165, 1.54) is 0 Å². The minimum absolute atomic E-state index is 0.0141. The van der Waals surface area contributed by atoms with E-state index in [4.69, 9.17) is 9.84 Å². The lowest BCUT2D eigenvalue weighted by Gasteiger charge is -2.17. The lowest BCUT2D eigenvalue weighted by atomic mass is 9.93. The number of ether oxygens (including phenoxy) is 1. The fraction of sp³-hybridized carbons (Fsp3) is 0.588. The molecule has 1 aromatic rings. The van der Waals surface area contributed by atoms with Gasteiger partial charge in [0.1, 0.15) is 0 Å². The smallest absolute Gasteiger partial charge is 0.504 e. The first kappa shape index (κ1) is 17.3. The molecular weight excluding hydrogens is 268 g/mol. The maximum atomic E-state index is 10.9. The van der Waals surface area contributed by atoms with Gasteiger partial charge in [-0.2, -0.15) is 0 Å². The summed E-state index contributed by atoms with van der Waals surface area (Å²) in [7, 11) is 0. The van der Waals surface area contributed by atoms with Crippen LogP contribution in [-0.4, -0.2) is 16.4 Å². The van der Waals surface area contributed by atoms with Crippen LogP contribution in [0.15, 0.2) is 6.07 Å². The predicted octanol–water partition coefficient (Wildman–Crippen LogP) is 4.70. The largest absolute Gasteiger partial charge is 0.511 e. The second-order valence-corrected chi connectivity index (χ2v) is 5.32. The lowest BCUT2D eigenvalue weighted by molar-refractivity contribution is 0.142. The third kappa shape index (κ3) is 4.66. The van der Waals surface area contributed by atoms with Crippen molar-refractivity contribution >= 4 is 6.16 Å². The molecule has 0 saturated carbocycles. The van der Waals surface area contributed by atoms with Gasteiger partial charge in [0.05, 0.1) is 0 Å². The molecule has 118 valence electrons. The molecule has 0 spiro atoms. The Morgan fingerprint density at radius 2 is 1.67 bits per heavy atom. The van der Waals surface area contributed by atoms with Gasteiger partial charge in [-0.1, -0.05) is 46.1 Å². The molecule has 0 atom stereocenters. The number of aryl methyl sites for hydroxylation is 2. The quantitative estimate of drug-likeness (QED) is 0.539. The molecule has 1 aromatic carbocycles. The zero-order chi connectivity index (χ0) is 15.8. The van der Waals surface area contributed by atoms with Crippen LogP contribution >= 0.6 is 0 Å². The molecule has 0 unspecified atom stereocenters. The van der Waals surface area contributed by atoms with Gasteiger partial charge >= 0.3 is 6.16 Å². The molecule has 0 aliphatic carbocycles. The van der Waals surface area contributed by atoms with Crippen LogP contribution in [0.3, 0.4) is 0 Å². The van der Waals surface area contributed by atoms with Gasteiger partial charge in [0, 0.05) is 5.56 Å². The number of rotatable bonds is 8. The molecule has 0 heterocycles. The van der Waals surface area contributed by atoms with E-state index in [1.54, 1.807) is 0 Å². The highest BCUT2D eigenvalue weighted by atomic mass is 16.7. The third-order valence-electron chi connectivity index (χ3n) is 3.54. The van der Waals surface area contributed by atoms with Gasteiger partial charge in [-0.3, -0.25) is 0 Å². The Bertz CT molecular complexity index is 480. The highest BCUT2D eigenvalue weighted by Crippen LogP contribution is 2.38. The highest BCUT2D eigenvalue weighted by molar-refractivity contribution is 5.66. The maximum absolute atomic E-state index is 10.9. The fourth-order valence-corrected chi connectivity index (χ4v) is 2.59. The molecular formula is C17H26O4. The zero-order valence-corrected chi connectivity index (χ0v) is 13.2. The van der Waals surface area contributed by atoms with Crippen LogP contribution in [0, 0.1) is 0 Å². The van der Waals surface area contributed by atoms with Crippen LogP contribution in [0.5, 0.6) is 11.5 Å². The van der Waals surface area contributed by atoms with Crippen LogP contribution in [0.2, 0.25) is 0 Å². The summed E-state index contributed by atoms with van der Waals surface area (Å²) in [5.41, 5.74) is 2.74. The summed E-state index contributed by atoms with van der Waals surface area (Å²) < 4.78 is 4.85. The summed E-state index contributed by atoms with van der Waals surface area (Å²) in [6.45, 7) is 6.21. The molecule has 0 radical (unpaired) electrons. The monoisotopic (exact) mass is 294 g/mol. The number of aromatic hydroxyl groups is 1. The van der Waals surface area contributed by atoms with Gasteiger partial charge < -0.3 is 14.9 Å². The van der Waals surface area contributed by atoms with E-state index >= 15 is 0 Å². The zero-order valence-electron chi connectivity index (χ0n) is 13.2. The summed E-state index contributed by atoms with van der Waals surface area (Å²) in [5.74, 6) is 0.135. The lowest BCUT2D eigenvalue weighted by Crippen LogP contribution is -2.08. The number of carbonyl (C=O) groups is 1. The van der Waals surface area contributed by atoms with Crippen molar-refractivity contribution in [3.63, 3.8) is 0 Å². The second kappa shape index (κ2) is 8.55. The first-order valence-corrected chi connectivity index (χ1v) is 7.82. The molecule has 0 bridgehead atoms.